The Kier molecular flexibility index (Phi) is 6.20. The highest BCUT2D eigenvalue weighted by atomic mass is 32.2. The van der Waals surface area contributed by atoms with Crippen LogP contribution in [0.2, 0.25) is 0 Å². The van der Waals surface area contributed by atoms with E-state index in [1.165, 1.54) is 23.5 Å². The fraction of sp³-hybridized carbons (Fsp3) is 0.625. The molecular formula is C16H25NO2S. The molecule has 1 saturated heterocycles. The van der Waals surface area contributed by atoms with Crippen LogP contribution < -0.4 is 4.74 Å². The molecule has 0 spiro atoms. The topological polar surface area (TPSA) is 32.7 Å². The van der Waals surface area contributed by atoms with E-state index in [2.05, 4.69) is 24.0 Å². The van der Waals surface area contributed by atoms with E-state index in [1.807, 2.05) is 24.8 Å². The smallest absolute Gasteiger partial charge is 0.122 e. The van der Waals surface area contributed by atoms with Crippen molar-refractivity contribution in [2.24, 2.45) is 0 Å². The van der Waals surface area contributed by atoms with Crippen molar-refractivity contribution in [3.8, 4) is 5.75 Å². The third-order valence-electron chi connectivity index (χ3n) is 3.56. The number of ether oxygens (including phenoxy) is 1. The van der Waals surface area contributed by atoms with Gasteiger partial charge in [0.05, 0.1) is 0 Å². The van der Waals surface area contributed by atoms with Crippen molar-refractivity contribution in [2.75, 3.05) is 37.7 Å². The van der Waals surface area contributed by atoms with Crippen LogP contribution in [0.4, 0.5) is 0 Å². The largest absolute Gasteiger partial charge is 0.491 e. The van der Waals surface area contributed by atoms with E-state index in [0.29, 0.717) is 13.2 Å². The quantitative estimate of drug-likeness (QED) is 0.904. The Morgan fingerprint density at radius 1 is 1.30 bits per heavy atom. The van der Waals surface area contributed by atoms with Crippen molar-refractivity contribution in [3.05, 3.63) is 29.3 Å². The lowest BCUT2D eigenvalue weighted by Gasteiger charge is -2.23. The van der Waals surface area contributed by atoms with Crippen molar-refractivity contribution in [2.45, 2.75) is 26.4 Å². The first kappa shape index (κ1) is 15.7. The zero-order chi connectivity index (χ0) is 14.4. The molecule has 20 heavy (non-hydrogen) atoms. The van der Waals surface area contributed by atoms with Crippen LogP contribution in [-0.4, -0.2) is 53.9 Å². The number of nitrogens with zero attached hydrogens (tertiary/aromatic N) is 1. The van der Waals surface area contributed by atoms with Gasteiger partial charge in [0.2, 0.25) is 0 Å². The average Bonchev–Trinajstić information content (AvgIpc) is 2.68. The van der Waals surface area contributed by atoms with Gasteiger partial charge in [-0.2, -0.15) is 11.8 Å². The van der Waals surface area contributed by atoms with Gasteiger partial charge in [-0.15, -0.1) is 0 Å². The van der Waals surface area contributed by atoms with Crippen LogP contribution in [0.3, 0.4) is 0 Å². The van der Waals surface area contributed by atoms with Gasteiger partial charge in [0.25, 0.3) is 0 Å². The van der Waals surface area contributed by atoms with Crippen molar-refractivity contribution in [1.29, 1.82) is 0 Å². The molecule has 0 aromatic heterocycles. The van der Waals surface area contributed by atoms with Crippen molar-refractivity contribution < 1.29 is 9.84 Å². The average molecular weight is 295 g/mol. The van der Waals surface area contributed by atoms with E-state index in [1.54, 1.807) is 0 Å². The molecule has 1 N–H and O–H groups in total. The Bertz CT molecular complexity index is 417. The van der Waals surface area contributed by atoms with E-state index in [0.717, 1.165) is 24.4 Å². The first-order chi connectivity index (χ1) is 9.65. The number of β-amino-alcohol motifs (C(OH)–C–C–N with tert-alkyl or cyclic N) is 1. The minimum atomic E-state index is -0.419. The monoisotopic (exact) mass is 295 g/mol. The summed E-state index contributed by atoms with van der Waals surface area (Å²) in [4.78, 5) is 2.34. The maximum Gasteiger partial charge on any atom is 0.122 e. The maximum atomic E-state index is 10.1. The first-order valence-electron chi connectivity index (χ1n) is 7.33. The fourth-order valence-corrected chi connectivity index (χ4v) is 3.30. The summed E-state index contributed by atoms with van der Waals surface area (Å²) in [5.41, 5.74) is 2.30. The van der Waals surface area contributed by atoms with Gasteiger partial charge in [-0.05, 0) is 49.8 Å². The third kappa shape index (κ3) is 5.00. The number of benzene rings is 1. The van der Waals surface area contributed by atoms with E-state index in [4.69, 9.17) is 4.74 Å². The molecule has 1 heterocycles. The number of thioether (sulfide) groups is 1. The summed E-state index contributed by atoms with van der Waals surface area (Å²) >= 11 is 2.01. The van der Waals surface area contributed by atoms with Crippen LogP contribution in [0.5, 0.6) is 5.75 Å². The Balaban J connectivity index is 1.79. The van der Waals surface area contributed by atoms with Crippen molar-refractivity contribution >= 4 is 11.8 Å². The summed E-state index contributed by atoms with van der Waals surface area (Å²) in [6, 6.07) is 6.17. The van der Waals surface area contributed by atoms with Crippen LogP contribution in [0.1, 0.15) is 17.5 Å². The van der Waals surface area contributed by atoms with Crippen LogP contribution in [0.25, 0.3) is 0 Å². The fourth-order valence-electron chi connectivity index (χ4n) is 2.38. The van der Waals surface area contributed by atoms with Crippen LogP contribution in [-0.2, 0) is 0 Å². The molecule has 1 aromatic rings. The van der Waals surface area contributed by atoms with Gasteiger partial charge in [0.1, 0.15) is 18.5 Å². The Morgan fingerprint density at radius 3 is 3.00 bits per heavy atom. The first-order valence-corrected chi connectivity index (χ1v) is 8.49. The zero-order valence-electron chi connectivity index (χ0n) is 12.5. The molecule has 0 amide bonds. The molecule has 0 bridgehead atoms. The van der Waals surface area contributed by atoms with Gasteiger partial charge in [-0.25, -0.2) is 0 Å². The number of rotatable bonds is 5. The normalized spacial score (nSPS) is 18.6. The van der Waals surface area contributed by atoms with Crippen LogP contribution >= 0.6 is 11.8 Å². The van der Waals surface area contributed by atoms with E-state index >= 15 is 0 Å². The molecule has 2 rings (SSSR count). The molecule has 4 heteroatoms. The Morgan fingerprint density at radius 2 is 2.15 bits per heavy atom. The van der Waals surface area contributed by atoms with Crippen molar-refractivity contribution in [3.63, 3.8) is 0 Å². The number of aryl methyl sites for hydroxylation is 2. The predicted octanol–water partition coefficient (Wildman–Crippen LogP) is 2.48. The number of aliphatic hydroxyl groups excluding tert-OH is 1. The molecule has 0 aliphatic carbocycles. The van der Waals surface area contributed by atoms with Crippen LogP contribution in [0.15, 0.2) is 18.2 Å². The van der Waals surface area contributed by atoms with Crippen LogP contribution in [0, 0.1) is 13.8 Å². The second kappa shape index (κ2) is 7.91. The molecule has 1 unspecified atom stereocenters. The van der Waals surface area contributed by atoms with E-state index in [-0.39, 0.29) is 0 Å². The van der Waals surface area contributed by atoms with Gasteiger partial charge in [0.15, 0.2) is 0 Å². The lowest BCUT2D eigenvalue weighted by Crippen LogP contribution is -2.37. The molecule has 1 aromatic carbocycles. The summed E-state index contributed by atoms with van der Waals surface area (Å²) in [5.74, 6) is 3.30. The lowest BCUT2D eigenvalue weighted by atomic mass is 10.1. The molecule has 3 nitrogen and oxygen atoms in total. The summed E-state index contributed by atoms with van der Waals surface area (Å²) < 4.78 is 5.77. The minimum absolute atomic E-state index is 0.369. The molecule has 1 atom stereocenters. The highest BCUT2D eigenvalue weighted by Crippen LogP contribution is 2.19. The van der Waals surface area contributed by atoms with Gasteiger partial charge in [0, 0.05) is 18.8 Å². The minimum Gasteiger partial charge on any atom is -0.491 e. The van der Waals surface area contributed by atoms with E-state index < -0.39 is 6.10 Å². The SMILES string of the molecule is Cc1ccc(C)c(OCC(O)CN2CCCSCC2)c1. The maximum absolute atomic E-state index is 10.1. The van der Waals surface area contributed by atoms with Gasteiger partial charge in [-0.1, -0.05) is 12.1 Å². The standard InChI is InChI=1S/C16H25NO2S/c1-13-4-5-14(2)16(10-13)19-12-15(18)11-17-6-3-8-20-9-7-17/h4-5,10,15,18H,3,6-9,11-12H2,1-2H3. The zero-order valence-corrected chi connectivity index (χ0v) is 13.3. The molecule has 1 aliphatic heterocycles. The number of aliphatic hydroxyl groups is 1. The summed E-state index contributed by atoms with van der Waals surface area (Å²) in [6.45, 7) is 7.34. The number of hydrogen-bond acceptors (Lipinski definition) is 4. The van der Waals surface area contributed by atoms with Gasteiger partial charge >= 0.3 is 0 Å². The third-order valence-corrected chi connectivity index (χ3v) is 4.61. The second-order valence-electron chi connectivity index (χ2n) is 5.50. The molecule has 112 valence electrons. The Hall–Kier alpha value is -0.710. The number of hydrogen-bond donors (Lipinski definition) is 1. The Labute approximate surface area is 126 Å². The summed E-state index contributed by atoms with van der Waals surface area (Å²) in [7, 11) is 0. The molecular weight excluding hydrogens is 270 g/mol. The van der Waals surface area contributed by atoms with Crippen molar-refractivity contribution in [1.82, 2.24) is 4.90 Å². The van der Waals surface area contributed by atoms with Gasteiger partial charge < -0.3 is 9.84 Å². The van der Waals surface area contributed by atoms with E-state index in [9.17, 15) is 5.11 Å². The summed E-state index contributed by atoms with van der Waals surface area (Å²) in [5, 5.41) is 10.1. The summed E-state index contributed by atoms with van der Waals surface area (Å²) in [6.07, 6.45) is 0.799. The molecule has 0 radical (unpaired) electrons. The van der Waals surface area contributed by atoms with Gasteiger partial charge in [-0.3, -0.25) is 4.90 Å². The highest BCUT2D eigenvalue weighted by molar-refractivity contribution is 7.99. The second-order valence-corrected chi connectivity index (χ2v) is 6.73. The predicted molar refractivity (Wildman–Crippen MR) is 85.8 cm³/mol. The molecule has 0 saturated carbocycles. The highest BCUT2D eigenvalue weighted by Gasteiger charge is 2.14. The molecule has 1 aliphatic rings. The molecule has 1 fully saturated rings. The lowest BCUT2D eigenvalue weighted by molar-refractivity contribution is 0.0705.